The third kappa shape index (κ3) is 11.0. The quantitative estimate of drug-likeness (QED) is 0.568. The molecule has 2 aromatic carbocycles. The smallest absolute Gasteiger partial charge is 0.0263 e. The van der Waals surface area contributed by atoms with E-state index in [1.807, 2.05) is 91.9 Å². The molecular formula is C21H24. The zero-order valence-electron chi connectivity index (χ0n) is 12.8. The Kier molecular flexibility index (Phi) is 12.1. The molecule has 0 heterocycles. The van der Waals surface area contributed by atoms with Crippen LogP contribution in [0.1, 0.15) is 18.1 Å². The Hall–Kier alpha value is -2.60. The minimum Gasteiger partial charge on any atom is -0.0991 e. The van der Waals surface area contributed by atoms with Crippen LogP contribution in [-0.4, -0.2) is 0 Å². The van der Waals surface area contributed by atoms with Gasteiger partial charge in [-0.1, -0.05) is 111 Å². The van der Waals surface area contributed by atoms with Crippen molar-refractivity contribution in [2.75, 3.05) is 0 Å². The van der Waals surface area contributed by atoms with Crippen LogP contribution >= 0.6 is 0 Å². The van der Waals surface area contributed by atoms with Crippen LogP contribution in [0.25, 0.3) is 12.2 Å². The maximum Gasteiger partial charge on any atom is -0.0263 e. The molecule has 0 atom stereocenters. The summed E-state index contributed by atoms with van der Waals surface area (Å²) in [7, 11) is 0. The number of allylic oxidation sites excluding steroid dienone is 3. The van der Waals surface area contributed by atoms with Crippen LogP contribution in [0.5, 0.6) is 0 Å². The summed E-state index contributed by atoms with van der Waals surface area (Å²) in [5, 5.41) is 0. The van der Waals surface area contributed by atoms with E-state index in [1.54, 1.807) is 6.08 Å². The summed E-state index contributed by atoms with van der Waals surface area (Å²) >= 11 is 0. The highest BCUT2D eigenvalue weighted by Gasteiger charge is 1.76. The zero-order chi connectivity index (χ0) is 15.8. The Labute approximate surface area is 129 Å². The van der Waals surface area contributed by atoms with Crippen molar-refractivity contribution >= 4 is 12.2 Å². The van der Waals surface area contributed by atoms with Gasteiger partial charge in [0.1, 0.15) is 0 Å². The summed E-state index contributed by atoms with van der Waals surface area (Å²) in [6.07, 6.45) is 9.24. The van der Waals surface area contributed by atoms with Gasteiger partial charge in [0.05, 0.1) is 0 Å². The Morgan fingerprint density at radius 1 is 0.667 bits per heavy atom. The summed E-state index contributed by atoms with van der Waals surface area (Å²) in [5.41, 5.74) is 2.35. The van der Waals surface area contributed by atoms with Gasteiger partial charge in [0.2, 0.25) is 0 Å². The molecule has 108 valence electrons. The first-order valence-electron chi connectivity index (χ1n) is 6.87. The Bertz CT molecular complexity index is 475. The molecule has 0 fully saturated rings. The first-order valence-corrected chi connectivity index (χ1v) is 6.87. The van der Waals surface area contributed by atoms with Gasteiger partial charge in [-0.2, -0.15) is 0 Å². The lowest BCUT2D eigenvalue weighted by Gasteiger charge is -1.85. The van der Waals surface area contributed by atoms with E-state index in [0.717, 1.165) is 0 Å². The fourth-order valence-electron chi connectivity index (χ4n) is 1.31. The Balaban J connectivity index is 0.000000296. The van der Waals surface area contributed by atoms with Gasteiger partial charge in [-0.25, -0.2) is 0 Å². The van der Waals surface area contributed by atoms with Gasteiger partial charge in [0.25, 0.3) is 0 Å². The lowest BCUT2D eigenvalue weighted by Crippen LogP contribution is -1.63. The SMILES string of the molecule is C=CC=CC.C=Cc1ccccc1.C=Cc1ccccc1. The van der Waals surface area contributed by atoms with Gasteiger partial charge in [-0.3, -0.25) is 0 Å². The molecule has 0 N–H and O–H groups in total. The topological polar surface area (TPSA) is 0 Å². The standard InChI is InChI=1S/2C8H8.C5H8/c2*1-2-8-6-4-3-5-7-8;1-3-5-4-2/h2*2-7H,1H2;3-5H,1H2,2H3. The van der Waals surface area contributed by atoms with Crippen molar-refractivity contribution < 1.29 is 0 Å². The lowest BCUT2D eigenvalue weighted by atomic mass is 10.2. The summed E-state index contributed by atoms with van der Waals surface area (Å²) in [6.45, 7) is 12.7. The summed E-state index contributed by atoms with van der Waals surface area (Å²) in [5.74, 6) is 0. The van der Waals surface area contributed by atoms with E-state index in [-0.39, 0.29) is 0 Å². The van der Waals surface area contributed by atoms with E-state index in [1.165, 1.54) is 11.1 Å². The molecule has 0 unspecified atom stereocenters. The predicted octanol–water partition coefficient (Wildman–Crippen LogP) is 6.41. The minimum absolute atomic E-state index is 1.17. The molecule has 0 saturated carbocycles. The average molecular weight is 276 g/mol. The van der Waals surface area contributed by atoms with Crippen LogP contribution in [0.4, 0.5) is 0 Å². The second-order valence-electron chi connectivity index (χ2n) is 3.99. The molecule has 2 aromatic rings. The molecule has 0 aromatic heterocycles. The van der Waals surface area contributed by atoms with E-state index in [2.05, 4.69) is 19.7 Å². The average Bonchev–Trinajstić information content (AvgIpc) is 2.58. The van der Waals surface area contributed by atoms with Gasteiger partial charge in [0, 0.05) is 0 Å². The van der Waals surface area contributed by atoms with Gasteiger partial charge in [0.15, 0.2) is 0 Å². The fraction of sp³-hybridized carbons (Fsp3) is 0.0476. The van der Waals surface area contributed by atoms with E-state index < -0.39 is 0 Å². The van der Waals surface area contributed by atoms with Gasteiger partial charge in [-0.15, -0.1) is 0 Å². The number of hydrogen-bond donors (Lipinski definition) is 0. The fourth-order valence-corrected chi connectivity index (χ4v) is 1.31. The van der Waals surface area contributed by atoms with Crippen molar-refractivity contribution in [3.63, 3.8) is 0 Å². The van der Waals surface area contributed by atoms with Crippen LogP contribution in [0.15, 0.2) is 98.6 Å². The van der Waals surface area contributed by atoms with Gasteiger partial charge < -0.3 is 0 Å². The molecular weight excluding hydrogens is 252 g/mol. The Morgan fingerprint density at radius 3 is 1.19 bits per heavy atom. The lowest BCUT2D eigenvalue weighted by molar-refractivity contribution is 1.67. The molecule has 0 bridgehead atoms. The number of hydrogen-bond acceptors (Lipinski definition) is 0. The molecule has 0 amide bonds. The Morgan fingerprint density at radius 2 is 1.05 bits per heavy atom. The van der Waals surface area contributed by atoms with Crippen molar-refractivity contribution in [2.45, 2.75) is 6.92 Å². The summed E-state index contributed by atoms with van der Waals surface area (Å²) < 4.78 is 0. The third-order valence-corrected chi connectivity index (χ3v) is 2.40. The highest BCUT2D eigenvalue weighted by molar-refractivity contribution is 5.46. The number of benzene rings is 2. The van der Waals surface area contributed by atoms with Crippen molar-refractivity contribution in [1.82, 2.24) is 0 Å². The molecule has 0 heteroatoms. The molecule has 2 rings (SSSR count). The van der Waals surface area contributed by atoms with Crippen molar-refractivity contribution in [1.29, 1.82) is 0 Å². The van der Waals surface area contributed by atoms with Crippen molar-refractivity contribution in [2.24, 2.45) is 0 Å². The first kappa shape index (κ1) is 18.4. The second-order valence-corrected chi connectivity index (χ2v) is 3.99. The molecule has 0 saturated heterocycles. The maximum atomic E-state index is 3.63. The van der Waals surface area contributed by atoms with E-state index in [4.69, 9.17) is 0 Å². The monoisotopic (exact) mass is 276 g/mol. The molecule has 0 aliphatic carbocycles. The van der Waals surface area contributed by atoms with Crippen LogP contribution < -0.4 is 0 Å². The molecule has 0 radical (unpaired) electrons. The molecule has 0 aliphatic rings. The van der Waals surface area contributed by atoms with E-state index >= 15 is 0 Å². The molecule has 0 nitrogen and oxygen atoms in total. The van der Waals surface area contributed by atoms with Crippen LogP contribution in [0, 0.1) is 0 Å². The molecule has 0 aliphatic heterocycles. The highest BCUT2D eigenvalue weighted by atomic mass is 13.8. The van der Waals surface area contributed by atoms with E-state index in [0.29, 0.717) is 0 Å². The summed E-state index contributed by atoms with van der Waals surface area (Å²) in [4.78, 5) is 0. The zero-order valence-corrected chi connectivity index (χ0v) is 12.8. The van der Waals surface area contributed by atoms with Gasteiger partial charge in [-0.05, 0) is 18.1 Å². The minimum atomic E-state index is 1.17. The normalized spacial score (nSPS) is 8.62. The van der Waals surface area contributed by atoms with Crippen molar-refractivity contribution in [3.8, 4) is 0 Å². The summed E-state index contributed by atoms with van der Waals surface area (Å²) in [6, 6.07) is 20.1. The van der Waals surface area contributed by atoms with Crippen LogP contribution in [0.3, 0.4) is 0 Å². The van der Waals surface area contributed by atoms with Crippen LogP contribution in [0.2, 0.25) is 0 Å². The van der Waals surface area contributed by atoms with E-state index in [9.17, 15) is 0 Å². The molecule has 21 heavy (non-hydrogen) atoms. The first-order chi connectivity index (χ1) is 10.3. The second kappa shape index (κ2) is 13.8. The number of rotatable bonds is 3. The van der Waals surface area contributed by atoms with Crippen LogP contribution in [-0.2, 0) is 0 Å². The predicted molar refractivity (Wildman–Crippen MR) is 98.1 cm³/mol. The largest absolute Gasteiger partial charge is 0.0991 e. The van der Waals surface area contributed by atoms with Gasteiger partial charge >= 0.3 is 0 Å². The third-order valence-electron chi connectivity index (χ3n) is 2.40. The maximum absolute atomic E-state index is 3.63. The highest BCUT2D eigenvalue weighted by Crippen LogP contribution is 1.98. The van der Waals surface area contributed by atoms with Crippen molar-refractivity contribution in [3.05, 3.63) is 110 Å². The molecule has 0 spiro atoms.